The van der Waals surface area contributed by atoms with Gasteiger partial charge in [-0.3, -0.25) is 0 Å². The van der Waals surface area contributed by atoms with Crippen molar-refractivity contribution in [3.63, 3.8) is 0 Å². The van der Waals surface area contributed by atoms with Crippen LogP contribution in [0.1, 0.15) is 34.6 Å². The summed E-state index contributed by atoms with van der Waals surface area (Å²) in [6.45, 7) is 2.51. The molecule has 0 saturated heterocycles. The van der Waals surface area contributed by atoms with E-state index in [0.717, 1.165) is 5.56 Å². The van der Waals surface area contributed by atoms with Gasteiger partial charge in [-0.15, -0.1) is 0 Å². The summed E-state index contributed by atoms with van der Waals surface area (Å²) in [6, 6.07) is 7.55. The number of carboxylic acid groups (broad SMARTS) is 1. The Morgan fingerprint density at radius 1 is 1.60 bits per heavy atom. The zero-order valence-corrected chi connectivity index (χ0v) is 11.7. The molecule has 1 aromatic heterocycles. The number of anilines is 1. The number of nitrogens with zero attached hydrogens (tertiary/aromatic N) is 2. The number of aromatic nitrogens is 2. The van der Waals surface area contributed by atoms with Crippen molar-refractivity contribution >= 4 is 23.4 Å². The molecule has 5 nitrogen and oxygen atoms in total. The Morgan fingerprint density at radius 3 is 3.05 bits per heavy atom. The van der Waals surface area contributed by atoms with Crippen LogP contribution in [0.5, 0.6) is 0 Å². The molecule has 2 aromatic rings. The minimum absolute atomic E-state index is 0.000191. The SMILES string of the molecule is CCc1nn2c(c1C(=O)O)N[C@@H](c1cccc(Cl)c1)C2. The first-order valence-corrected chi connectivity index (χ1v) is 6.83. The van der Waals surface area contributed by atoms with Crippen LogP contribution >= 0.6 is 11.6 Å². The van der Waals surface area contributed by atoms with E-state index >= 15 is 0 Å². The van der Waals surface area contributed by atoms with Crippen molar-refractivity contribution in [3.8, 4) is 0 Å². The van der Waals surface area contributed by atoms with E-state index in [4.69, 9.17) is 11.6 Å². The maximum atomic E-state index is 11.4. The van der Waals surface area contributed by atoms with Crippen molar-refractivity contribution in [2.24, 2.45) is 0 Å². The molecule has 0 aliphatic carbocycles. The summed E-state index contributed by atoms with van der Waals surface area (Å²) >= 11 is 5.99. The van der Waals surface area contributed by atoms with E-state index in [1.165, 1.54) is 0 Å². The van der Waals surface area contributed by atoms with E-state index in [2.05, 4.69) is 10.4 Å². The van der Waals surface area contributed by atoms with E-state index in [-0.39, 0.29) is 11.6 Å². The maximum absolute atomic E-state index is 11.4. The number of halogens is 1. The first-order chi connectivity index (χ1) is 9.60. The molecular formula is C14H14ClN3O2. The summed E-state index contributed by atoms with van der Waals surface area (Å²) in [6.07, 6.45) is 0.602. The van der Waals surface area contributed by atoms with Gasteiger partial charge in [-0.05, 0) is 24.1 Å². The molecule has 0 unspecified atom stereocenters. The van der Waals surface area contributed by atoms with Crippen molar-refractivity contribution in [3.05, 3.63) is 46.1 Å². The van der Waals surface area contributed by atoms with Crippen LogP contribution in [0, 0.1) is 0 Å². The number of aromatic carboxylic acids is 1. The van der Waals surface area contributed by atoms with E-state index in [1.54, 1.807) is 4.68 Å². The average molecular weight is 292 g/mol. The van der Waals surface area contributed by atoms with Crippen molar-refractivity contribution in [1.29, 1.82) is 0 Å². The summed E-state index contributed by atoms with van der Waals surface area (Å²) < 4.78 is 1.73. The number of fused-ring (bicyclic) bond motifs is 1. The number of aryl methyl sites for hydroxylation is 1. The highest BCUT2D eigenvalue weighted by Gasteiger charge is 2.30. The lowest BCUT2D eigenvalue weighted by molar-refractivity contribution is 0.0697. The molecular weight excluding hydrogens is 278 g/mol. The molecule has 0 amide bonds. The smallest absolute Gasteiger partial charge is 0.341 e. The normalized spacial score (nSPS) is 16.8. The van der Waals surface area contributed by atoms with Crippen molar-refractivity contribution < 1.29 is 9.90 Å². The third kappa shape index (κ3) is 2.04. The highest BCUT2D eigenvalue weighted by Crippen LogP contribution is 2.33. The predicted molar refractivity (Wildman–Crippen MR) is 76.4 cm³/mol. The predicted octanol–water partition coefficient (Wildman–Crippen LogP) is 2.96. The molecule has 1 aliphatic heterocycles. The second kappa shape index (κ2) is 4.83. The topological polar surface area (TPSA) is 67.2 Å². The molecule has 0 spiro atoms. The molecule has 1 atom stereocenters. The molecule has 0 saturated carbocycles. The maximum Gasteiger partial charge on any atom is 0.341 e. The number of carbonyl (C=O) groups is 1. The fourth-order valence-electron chi connectivity index (χ4n) is 2.56. The third-order valence-corrected chi connectivity index (χ3v) is 3.73. The van der Waals surface area contributed by atoms with Gasteiger partial charge in [0.15, 0.2) is 0 Å². The standard InChI is InChI=1S/C14H14ClN3O2/c1-2-10-12(14(19)20)13-16-11(7-18(13)17-10)8-4-3-5-9(15)6-8/h3-6,11,16H,2,7H2,1H3,(H,19,20)/t11-/m1/s1. The number of benzene rings is 1. The van der Waals surface area contributed by atoms with Gasteiger partial charge in [0, 0.05) is 5.02 Å². The van der Waals surface area contributed by atoms with Gasteiger partial charge in [-0.1, -0.05) is 30.7 Å². The fraction of sp³-hybridized carbons (Fsp3) is 0.286. The lowest BCUT2D eigenvalue weighted by Crippen LogP contribution is -2.10. The number of carboxylic acids is 1. The molecule has 1 aliphatic rings. The average Bonchev–Trinajstić information content (AvgIpc) is 2.94. The van der Waals surface area contributed by atoms with Crippen molar-refractivity contribution in [2.45, 2.75) is 25.9 Å². The molecule has 2 heterocycles. The van der Waals surface area contributed by atoms with Crippen LogP contribution < -0.4 is 5.32 Å². The van der Waals surface area contributed by atoms with Gasteiger partial charge in [-0.2, -0.15) is 5.10 Å². The Hall–Kier alpha value is -2.01. The lowest BCUT2D eigenvalue weighted by atomic mass is 10.1. The van der Waals surface area contributed by atoms with Crippen LogP contribution in [0.2, 0.25) is 5.02 Å². The quantitative estimate of drug-likeness (QED) is 0.912. The fourth-order valence-corrected chi connectivity index (χ4v) is 2.76. The second-order valence-electron chi connectivity index (χ2n) is 4.76. The van der Waals surface area contributed by atoms with Crippen LogP contribution in [-0.2, 0) is 13.0 Å². The Morgan fingerprint density at radius 2 is 2.40 bits per heavy atom. The Labute approximate surface area is 121 Å². The summed E-state index contributed by atoms with van der Waals surface area (Å²) in [5, 5.41) is 17.6. The molecule has 0 fully saturated rings. The number of rotatable bonds is 3. The zero-order chi connectivity index (χ0) is 14.3. The number of hydrogen-bond donors (Lipinski definition) is 2. The van der Waals surface area contributed by atoms with E-state index < -0.39 is 5.97 Å². The Bertz CT molecular complexity index is 681. The van der Waals surface area contributed by atoms with Crippen LogP contribution in [0.4, 0.5) is 5.82 Å². The summed E-state index contributed by atoms with van der Waals surface area (Å²) in [5.41, 5.74) is 1.92. The molecule has 20 heavy (non-hydrogen) atoms. The van der Waals surface area contributed by atoms with Crippen LogP contribution in [0.25, 0.3) is 0 Å². The van der Waals surface area contributed by atoms with Gasteiger partial charge in [0.1, 0.15) is 11.4 Å². The Balaban J connectivity index is 1.95. The molecule has 0 radical (unpaired) electrons. The van der Waals surface area contributed by atoms with Gasteiger partial charge >= 0.3 is 5.97 Å². The molecule has 0 bridgehead atoms. The highest BCUT2D eigenvalue weighted by molar-refractivity contribution is 6.30. The molecule has 6 heteroatoms. The first-order valence-electron chi connectivity index (χ1n) is 6.45. The summed E-state index contributed by atoms with van der Waals surface area (Å²) in [5.74, 6) is -0.360. The largest absolute Gasteiger partial charge is 0.477 e. The summed E-state index contributed by atoms with van der Waals surface area (Å²) in [4.78, 5) is 11.4. The minimum Gasteiger partial charge on any atom is -0.477 e. The zero-order valence-electron chi connectivity index (χ0n) is 10.9. The lowest BCUT2D eigenvalue weighted by Gasteiger charge is -2.11. The third-order valence-electron chi connectivity index (χ3n) is 3.49. The van der Waals surface area contributed by atoms with Crippen molar-refractivity contribution in [2.75, 3.05) is 5.32 Å². The van der Waals surface area contributed by atoms with E-state index in [0.29, 0.717) is 29.5 Å². The monoisotopic (exact) mass is 291 g/mol. The van der Waals surface area contributed by atoms with Gasteiger partial charge in [0.2, 0.25) is 0 Å². The van der Waals surface area contributed by atoms with Crippen LogP contribution in [-0.4, -0.2) is 20.9 Å². The van der Waals surface area contributed by atoms with Crippen molar-refractivity contribution in [1.82, 2.24) is 9.78 Å². The molecule has 1 aromatic carbocycles. The van der Waals surface area contributed by atoms with Crippen LogP contribution in [0.15, 0.2) is 24.3 Å². The molecule has 104 valence electrons. The van der Waals surface area contributed by atoms with E-state index in [9.17, 15) is 9.90 Å². The van der Waals surface area contributed by atoms with E-state index in [1.807, 2.05) is 31.2 Å². The van der Waals surface area contributed by atoms with Gasteiger partial charge < -0.3 is 10.4 Å². The Kier molecular flexibility index (Phi) is 3.14. The minimum atomic E-state index is -0.942. The first kappa shape index (κ1) is 13.0. The highest BCUT2D eigenvalue weighted by atomic mass is 35.5. The van der Waals surface area contributed by atoms with Gasteiger partial charge in [0.05, 0.1) is 18.3 Å². The number of hydrogen-bond acceptors (Lipinski definition) is 3. The summed E-state index contributed by atoms with van der Waals surface area (Å²) in [7, 11) is 0. The number of nitrogens with one attached hydrogen (secondary N) is 1. The van der Waals surface area contributed by atoms with Gasteiger partial charge in [-0.25, -0.2) is 9.48 Å². The molecule has 3 rings (SSSR count). The molecule has 2 N–H and O–H groups in total. The second-order valence-corrected chi connectivity index (χ2v) is 5.20. The van der Waals surface area contributed by atoms with Crippen LogP contribution in [0.3, 0.4) is 0 Å². The van der Waals surface area contributed by atoms with Gasteiger partial charge in [0.25, 0.3) is 0 Å².